The van der Waals surface area contributed by atoms with Crippen LogP contribution in [0.25, 0.3) is 5.57 Å². The van der Waals surface area contributed by atoms with E-state index in [0.717, 1.165) is 16.7 Å². The maximum atomic E-state index is 12.7. The van der Waals surface area contributed by atoms with Gasteiger partial charge in [-0.3, -0.25) is 4.99 Å². The molecule has 26 heavy (non-hydrogen) atoms. The van der Waals surface area contributed by atoms with Crippen molar-refractivity contribution in [3.05, 3.63) is 65.9 Å². The van der Waals surface area contributed by atoms with Crippen molar-refractivity contribution in [1.29, 1.82) is 0 Å². The van der Waals surface area contributed by atoms with Crippen LogP contribution in [-0.4, -0.2) is 36.3 Å². The highest BCUT2D eigenvalue weighted by molar-refractivity contribution is 6.03. The first-order valence-corrected chi connectivity index (χ1v) is 8.51. The summed E-state index contributed by atoms with van der Waals surface area (Å²) in [7, 11) is 0. The molecule has 138 valence electrons. The van der Waals surface area contributed by atoms with Crippen LogP contribution in [0.5, 0.6) is 0 Å². The van der Waals surface area contributed by atoms with Crippen molar-refractivity contribution in [2.75, 3.05) is 19.8 Å². The Morgan fingerprint density at radius 1 is 1.35 bits per heavy atom. The number of ether oxygens (including phenoxy) is 1. The van der Waals surface area contributed by atoms with Crippen LogP contribution in [0.4, 0.5) is 8.78 Å². The minimum atomic E-state index is -2.47. The van der Waals surface area contributed by atoms with Gasteiger partial charge in [0.1, 0.15) is 11.4 Å². The highest BCUT2D eigenvalue weighted by atomic mass is 19.3. The van der Waals surface area contributed by atoms with Crippen LogP contribution < -0.4 is 5.32 Å². The molecule has 4 nitrogen and oxygen atoms in total. The van der Waals surface area contributed by atoms with Crippen molar-refractivity contribution >= 4 is 11.4 Å². The molecule has 2 N–H and O–H groups in total. The Kier molecular flexibility index (Phi) is 5.64. The molecule has 0 aliphatic carbocycles. The van der Waals surface area contributed by atoms with E-state index in [1.165, 1.54) is 12.1 Å². The lowest BCUT2D eigenvalue weighted by molar-refractivity contribution is 0.0350. The number of benzene rings is 1. The monoisotopic (exact) mass is 360 g/mol. The van der Waals surface area contributed by atoms with E-state index in [-0.39, 0.29) is 12.1 Å². The van der Waals surface area contributed by atoms with E-state index in [4.69, 9.17) is 4.74 Å². The second-order valence-electron chi connectivity index (χ2n) is 6.53. The predicted octanol–water partition coefficient (Wildman–Crippen LogP) is 3.62. The first-order chi connectivity index (χ1) is 12.5. The van der Waals surface area contributed by atoms with Crippen LogP contribution in [0.1, 0.15) is 30.4 Å². The SMILES string of the molecule is C=C/C=C1\CC(c2ccc(C(F)F)cc2)=CNC1=NCC1(O)CCOC1. The Balaban J connectivity index is 1.78. The van der Waals surface area contributed by atoms with Gasteiger partial charge in [-0.05, 0) is 16.7 Å². The quantitative estimate of drug-likeness (QED) is 0.843. The lowest BCUT2D eigenvalue weighted by Gasteiger charge is -2.23. The number of hydrogen-bond acceptors (Lipinski definition) is 3. The Labute approximate surface area is 151 Å². The molecule has 3 rings (SSSR count). The molecule has 0 bridgehead atoms. The Hall–Kier alpha value is -2.31. The molecule has 2 aliphatic heterocycles. The molecule has 1 unspecified atom stereocenters. The molecular formula is C20H22F2N2O2. The summed E-state index contributed by atoms with van der Waals surface area (Å²) < 4.78 is 30.7. The lowest BCUT2D eigenvalue weighted by atomic mass is 9.94. The van der Waals surface area contributed by atoms with Crippen LogP contribution >= 0.6 is 0 Å². The van der Waals surface area contributed by atoms with E-state index >= 15 is 0 Å². The standard InChI is InChI=1S/C20H22F2N2O2/c1-2-3-16-10-17(14-4-6-15(7-5-14)18(21)22)11-23-19(16)24-12-20(25)8-9-26-13-20/h2-7,11,18,25H,1,8-10,12-13H2,(H,23,24)/b16-3+. The summed E-state index contributed by atoms with van der Waals surface area (Å²) in [5.74, 6) is 0.679. The average Bonchev–Trinajstić information content (AvgIpc) is 3.08. The van der Waals surface area contributed by atoms with Crippen LogP contribution in [0.3, 0.4) is 0 Å². The highest BCUT2D eigenvalue weighted by Crippen LogP contribution is 2.28. The molecule has 1 saturated heterocycles. The van der Waals surface area contributed by atoms with E-state index in [2.05, 4.69) is 16.9 Å². The van der Waals surface area contributed by atoms with Crippen LogP contribution in [0, 0.1) is 0 Å². The number of halogens is 2. The second kappa shape index (κ2) is 7.93. The normalized spacial score (nSPS) is 26.2. The minimum Gasteiger partial charge on any atom is -0.385 e. The predicted molar refractivity (Wildman–Crippen MR) is 98.1 cm³/mol. The number of alkyl halides is 2. The van der Waals surface area contributed by atoms with E-state index < -0.39 is 12.0 Å². The molecular weight excluding hydrogens is 338 g/mol. The Morgan fingerprint density at radius 2 is 2.12 bits per heavy atom. The van der Waals surface area contributed by atoms with Gasteiger partial charge in [0.05, 0.1) is 13.2 Å². The number of hydrogen-bond donors (Lipinski definition) is 2. The average molecular weight is 360 g/mol. The molecule has 0 aromatic heterocycles. The lowest BCUT2D eigenvalue weighted by Crippen LogP contribution is -2.35. The smallest absolute Gasteiger partial charge is 0.263 e. The largest absolute Gasteiger partial charge is 0.385 e. The summed E-state index contributed by atoms with van der Waals surface area (Å²) in [5.41, 5.74) is 1.87. The fourth-order valence-corrected chi connectivity index (χ4v) is 2.99. The van der Waals surface area contributed by atoms with E-state index in [9.17, 15) is 13.9 Å². The Morgan fingerprint density at radius 3 is 2.73 bits per heavy atom. The molecule has 1 atom stereocenters. The summed E-state index contributed by atoms with van der Waals surface area (Å²) in [6.45, 7) is 4.84. The third-order valence-electron chi connectivity index (χ3n) is 4.53. The molecule has 1 aromatic rings. The number of aliphatic imine (C=N–C) groups is 1. The molecule has 0 saturated carbocycles. The second-order valence-corrected chi connectivity index (χ2v) is 6.53. The number of aliphatic hydroxyl groups is 1. The van der Waals surface area contributed by atoms with E-state index in [0.29, 0.717) is 31.9 Å². The molecule has 2 aliphatic rings. The minimum absolute atomic E-state index is 0.00857. The number of rotatable bonds is 5. The molecule has 1 fully saturated rings. The van der Waals surface area contributed by atoms with Gasteiger partial charge in [-0.15, -0.1) is 0 Å². The zero-order chi connectivity index (χ0) is 18.6. The zero-order valence-corrected chi connectivity index (χ0v) is 14.4. The van der Waals surface area contributed by atoms with Gasteiger partial charge in [-0.1, -0.05) is 43.0 Å². The maximum Gasteiger partial charge on any atom is 0.263 e. The fraction of sp³-hybridized carbons (Fsp3) is 0.350. The van der Waals surface area contributed by atoms with Crippen LogP contribution in [-0.2, 0) is 4.74 Å². The van der Waals surface area contributed by atoms with Gasteiger partial charge in [0, 0.05) is 31.2 Å². The van der Waals surface area contributed by atoms with Crippen molar-refractivity contribution in [2.24, 2.45) is 4.99 Å². The van der Waals surface area contributed by atoms with Crippen LogP contribution in [0.2, 0.25) is 0 Å². The van der Waals surface area contributed by atoms with Crippen molar-refractivity contribution in [3.8, 4) is 0 Å². The summed E-state index contributed by atoms with van der Waals surface area (Å²) in [4.78, 5) is 4.52. The van der Waals surface area contributed by atoms with Gasteiger partial charge >= 0.3 is 0 Å². The van der Waals surface area contributed by atoms with Crippen molar-refractivity contribution < 1.29 is 18.6 Å². The molecule has 1 aromatic carbocycles. The zero-order valence-electron chi connectivity index (χ0n) is 14.4. The fourth-order valence-electron chi connectivity index (χ4n) is 2.99. The third kappa shape index (κ3) is 4.26. The van der Waals surface area contributed by atoms with Crippen molar-refractivity contribution in [1.82, 2.24) is 5.32 Å². The number of nitrogens with one attached hydrogen (secondary N) is 1. The highest BCUT2D eigenvalue weighted by Gasteiger charge is 2.32. The molecule has 2 heterocycles. The van der Waals surface area contributed by atoms with Crippen LogP contribution in [0.15, 0.2) is 59.8 Å². The summed E-state index contributed by atoms with van der Waals surface area (Å²) in [6, 6.07) is 6.27. The van der Waals surface area contributed by atoms with Crippen molar-refractivity contribution in [3.63, 3.8) is 0 Å². The third-order valence-corrected chi connectivity index (χ3v) is 4.53. The topological polar surface area (TPSA) is 53.9 Å². The van der Waals surface area contributed by atoms with Gasteiger partial charge in [0.2, 0.25) is 0 Å². The van der Waals surface area contributed by atoms with Gasteiger partial charge in [0.15, 0.2) is 0 Å². The first-order valence-electron chi connectivity index (χ1n) is 8.51. The van der Waals surface area contributed by atoms with Gasteiger partial charge < -0.3 is 15.2 Å². The number of nitrogens with zero attached hydrogens (tertiary/aromatic N) is 1. The molecule has 6 heteroatoms. The number of allylic oxidation sites excluding steroid dienone is 3. The molecule has 0 spiro atoms. The van der Waals surface area contributed by atoms with Gasteiger partial charge in [0.25, 0.3) is 6.43 Å². The molecule has 0 amide bonds. The number of amidine groups is 1. The summed E-state index contributed by atoms with van der Waals surface area (Å²) in [5, 5.41) is 13.5. The molecule has 0 radical (unpaired) electrons. The van der Waals surface area contributed by atoms with E-state index in [1.807, 2.05) is 12.3 Å². The Bertz CT molecular complexity index is 746. The maximum absolute atomic E-state index is 12.7. The van der Waals surface area contributed by atoms with Gasteiger partial charge in [-0.25, -0.2) is 8.78 Å². The van der Waals surface area contributed by atoms with Gasteiger partial charge in [-0.2, -0.15) is 0 Å². The van der Waals surface area contributed by atoms with E-state index in [1.54, 1.807) is 18.2 Å². The van der Waals surface area contributed by atoms with Crippen molar-refractivity contribution in [2.45, 2.75) is 24.9 Å². The summed E-state index contributed by atoms with van der Waals surface area (Å²) in [6.07, 6.45) is 4.07. The first kappa shape index (κ1) is 18.5. The summed E-state index contributed by atoms with van der Waals surface area (Å²) >= 11 is 0.